The van der Waals surface area contributed by atoms with Crippen LogP contribution in [0.1, 0.15) is 39.2 Å². The zero-order valence-corrected chi connectivity index (χ0v) is 18.2. The molecule has 0 radical (unpaired) electrons. The Morgan fingerprint density at radius 2 is 1.65 bits per heavy atom. The fourth-order valence-corrected chi connectivity index (χ4v) is 3.28. The van der Waals surface area contributed by atoms with Crippen LogP contribution in [0.4, 0.5) is 14.9 Å². The average Bonchev–Trinajstić information content (AvgIpc) is 2.73. The molecule has 1 N–H and O–H groups in total. The molecule has 1 aliphatic rings. The van der Waals surface area contributed by atoms with Gasteiger partial charge >= 0.3 is 6.09 Å². The maximum atomic E-state index is 12.9. The molecule has 2 amide bonds. The summed E-state index contributed by atoms with van der Waals surface area (Å²) < 4.78 is 24.0. The summed E-state index contributed by atoms with van der Waals surface area (Å²) >= 11 is 0. The first-order chi connectivity index (χ1) is 14.7. The quantitative estimate of drug-likeness (QED) is 0.729. The normalized spacial score (nSPS) is 14.8. The zero-order chi connectivity index (χ0) is 22.4. The third-order valence-corrected chi connectivity index (χ3v) is 4.96. The lowest BCUT2D eigenvalue weighted by atomic mass is 9.96. The number of piperidine rings is 1. The fourth-order valence-electron chi connectivity index (χ4n) is 3.28. The summed E-state index contributed by atoms with van der Waals surface area (Å²) in [5, 5.41) is 2.93. The number of carbonyl (C=O) groups is 2. The zero-order valence-electron chi connectivity index (χ0n) is 18.2. The van der Waals surface area contributed by atoms with Crippen LogP contribution in [0.3, 0.4) is 0 Å². The van der Waals surface area contributed by atoms with Crippen molar-refractivity contribution in [2.75, 3.05) is 18.4 Å². The maximum Gasteiger partial charge on any atom is 0.410 e. The highest BCUT2D eigenvalue weighted by Gasteiger charge is 2.29. The summed E-state index contributed by atoms with van der Waals surface area (Å²) in [4.78, 5) is 26.4. The van der Waals surface area contributed by atoms with Gasteiger partial charge < -0.3 is 19.7 Å². The molecule has 0 saturated carbocycles. The van der Waals surface area contributed by atoms with Gasteiger partial charge in [-0.05, 0) is 75.6 Å². The van der Waals surface area contributed by atoms with Crippen molar-refractivity contribution in [3.8, 4) is 5.75 Å². The number of anilines is 1. The molecule has 6 nitrogen and oxygen atoms in total. The summed E-state index contributed by atoms with van der Waals surface area (Å²) in [6.45, 7) is 6.85. The van der Waals surface area contributed by atoms with E-state index < -0.39 is 5.60 Å². The Labute approximate surface area is 182 Å². The highest BCUT2D eigenvalue weighted by atomic mass is 19.1. The number of hydrogen-bond donors (Lipinski definition) is 1. The lowest BCUT2D eigenvalue weighted by molar-refractivity contribution is -0.121. The number of nitrogens with zero attached hydrogens (tertiary/aromatic N) is 1. The number of nitrogens with one attached hydrogen (secondary N) is 1. The Balaban J connectivity index is 1.44. The van der Waals surface area contributed by atoms with Gasteiger partial charge in [0.2, 0.25) is 5.91 Å². The van der Waals surface area contributed by atoms with E-state index in [1.165, 1.54) is 12.1 Å². The molecule has 0 bridgehead atoms. The van der Waals surface area contributed by atoms with Gasteiger partial charge in [-0.2, -0.15) is 0 Å². The number of ether oxygens (including phenoxy) is 2. The second-order valence-electron chi connectivity index (χ2n) is 8.67. The minimum absolute atomic E-state index is 0.0520. The number of hydrogen-bond acceptors (Lipinski definition) is 4. The molecule has 7 heteroatoms. The van der Waals surface area contributed by atoms with Crippen LogP contribution >= 0.6 is 0 Å². The Hall–Kier alpha value is -3.09. The molecule has 1 aliphatic heterocycles. The molecule has 2 aromatic carbocycles. The van der Waals surface area contributed by atoms with E-state index in [0.29, 0.717) is 44.0 Å². The van der Waals surface area contributed by atoms with Crippen LogP contribution in [0.25, 0.3) is 0 Å². The Morgan fingerprint density at radius 3 is 2.23 bits per heavy atom. The highest BCUT2D eigenvalue weighted by molar-refractivity contribution is 5.92. The van der Waals surface area contributed by atoms with Gasteiger partial charge in [-0.1, -0.05) is 12.1 Å². The lowest BCUT2D eigenvalue weighted by Gasteiger charge is -2.32. The van der Waals surface area contributed by atoms with Gasteiger partial charge in [0.15, 0.2) is 0 Å². The van der Waals surface area contributed by atoms with Gasteiger partial charge in [0.1, 0.15) is 23.8 Å². The number of carbonyl (C=O) groups excluding carboxylic acids is 2. The van der Waals surface area contributed by atoms with E-state index in [2.05, 4.69) is 5.32 Å². The summed E-state index contributed by atoms with van der Waals surface area (Å²) in [5.74, 6) is 0.185. The van der Waals surface area contributed by atoms with Gasteiger partial charge in [0.05, 0.1) is 0 Å². The van der Waals surface area contributed by atoms with Gasteiger partial charge in [-0.3, -0.25) is 4.79 Å². The van der Waals surface area contributed by atoms with E-state index in [1.54, 1.807) is 41.3 Å². The first-order valence-electron chi connectivity index (χ1n) is 10.5. The first kappa shape index (κ1) is 22.6. The van der Waals surface area contributed by atoms with Gasteiger partial charge in [-0.15, -0.1) is 0 Å². The molecule has 1 saturated heterocycles. The van der Waals surface area contributed by atoms with Crippen LogP contribution in [0.5, 0.6) is 5.75 Å². The van der Waals surface area contributed by atoms with Gasteiger partial charge in [-0.25, -0.2) is 9.18 Å². The smallest absolute Gasteiger partial charge is 0.410 e. The first-order valence-corrected chi connectivity index (χ1v) is 10.5. The number of amides is 2. The second-order valence-corrected chi connectivity index (χ2v) is 8.67. The highest BCUT2D eigenvalue weighted by Crippen LogP contribution is 2.23. The predicted octanol–water partition coefficient (Wildman–Crippen LogP) is 4.99. The third-order valence-electron chi connectivity index (χ3n) is 4.96. The molecule has 1 fully saturated rings. The molecule has 1 heterocycles. The number of halogens is 1. The molecule has 0 spiro atoms. The van der Waals surface area contributed by atoms with Crippen molar-refractivity contribution in [3.63, 3.8) is 0 Å². The molecule has 0 unspecified atom stereocenters. The summed E-state index contributed by atoms with van der Waals surface area (Å²) in [7, 11) is 0. The molecule has 0 atom stereocenters. The van der Waals surface area contributed by atoms with Crippen LogP contribution in [0.2, 0.25) is 0 Å². The van der Waals surface area contributed by atoms with Gasteiger partial charge in [0, 0.05) is 24.7 Å². The molecular formula is C24H29FN2O4. The van der Waals surface area contributed by atoms with E-state index in [4.69, 9.17) is 9.47 Å². The average molecular weight is 429 g/mol. The minimum Gasteiger partial charge on any atom is -0.489 e. The van der Waals surface area contributed by atoms with E-state index in [0.717, 1.165) is 5.56 Å². The maximum absolute atomic E-state index is 12.9. The summed E-state index contributed by atoms with van der Waals surface area (Å²) in [6, 6.07) is 13.3. The Bertz CT molecular complexity index is 883. The SMILES string of the molecule is CC(C)(C)OC(=O)N1CCC(C(=O)Nc2ccc(OCc3ccc(F)cc3)cc2)CC1. The predicted molar refractivity (Wildman–Crippen MR) is 116 cm³/mol. The molecule has 0 aliphatic carbocycles. The monoisotopic (exact) mass is 428 g/mol. The largest absolute Gasteiger partial charge is 0.489 e. The van der Waals surface area contributed by atoms with E-state index in [9.17, 15) is 14.0 Å². The fraction of sp³-hybridized carbons (Fsp3) is 0.417. The van der Waals surface area contributed by atoms with Gasteiger partial charge in [0.25, 0.3) is 0 Å². The number of benzene rings is 2. The van der Waals surface area contributed by atoms with Crippen LogP contribution in [-0.4, -0.2) is 35.6 Å². The summed E-state index contributed by atoms with van der Waals surface area (Å²) in [5.41, 5.74) is 1.03. The molecule has 31 heavy (non-hydrogen) atoms. The van der Waals surface area contributed by atoms with Crippen LogP contribution in [0.15, 0.2) is 48.5 Å². The van der Waals surface area contributed by atoms with E-state index in [1.807, 2.05) is 20.8 Å². The number of rotatable bonds is 5. The molecule has 166 valence electrons. The van der Waals surface area contributed by atoms with Crippen molar-refractivity contribution in [1.29, 1.82) is 0 Å². The second kappa shape index (κ2) is 9.81. The van der Waals surface area contributed by atoms with Crippen LogP contribution < -0.4 is 10.1 Å². The van der Waals surface area contributed by atoms with Crippen molar-refractivity contribution in [1.82, 2.24) is 4.90 Å². The van der Waals surface area contributed by atoms with Crippen molar-refractivity contribution in [2.24, 2.45) is 5.92 Å². The van der Waals surface area contributed by atoms with Crippen molar-refractivity contribution >= 4 is 17.7 Å². The van der Waals surface area contributed by atoms with Crippen molar-refractivity contribution in [3.05, 3.63) is 59.9 Å². The Morgan fingerprint density at radius 1 is 1.03 bits per heavy atom. The van der Waals surface area contributed by atoms with E-state index >= 15 is 0 Å². The lowest BCUT2D eigenvalue weighted by Crippen LogP contribution is -2.43. The van der Waals surface area contributed by atoms with Crippen LogP contribution in [0, 0.1) is 11.7 Å². The molecule has 3 rings (SSSR count). The molecular weight excluding hydrogens is 399 g/mol. The molecule has 2 aromatic rings. The van der Waals surface area contributed by atoms with E-state index in [-0.39, 0.29) is 23.7 Å². The minimum atomic E-state index is -0.528. The standard InChI is InChI=1S/C24H29FN2O4/c1-24(2,3)31-23(29)27-14-12-18(13-15-27)22(28)26-20-8-10-21(11-9-20)30-16-17-4-6-19(25)7-5-17/h4-11,18H,12-16H2,1-3H3,(H,26,28). The number of likely N-dealkylation sites (tertiary alicyclic amines) is 1. The molecule has 0 aromatic heterocycles. The Kier molecular flexibility index (Phi) is 7.15. The third kappa shape index (κ3) is 6.98. The van der Waals surface area contributed by atoms with Crippen molar-refractivity contribution in [2.45, 2.75) is 45.8 Å². The van der Waals surface area contributed by atoms with Crippen molar-refractivity contribution < 1.29 is 23.5 Å². The summed E-state index contributed by atoms with van der Waals surface area (Å²) in [6.07, 6.45) is 0.871. The topological polar surface area (TPSA) is 67.9 Å². The van der Waals surface area contributed by atoms with Crippen LogP contribution in [-0.2, 0) is 16.1 Å².